The topological polar surface area (TPSA) is 65.0 Å². The Morgan fingerprint density at radius 3 is 2.32 bits per heavy atom. The highest BCUT2D eigenvalue weighted by molar-refractivity contribution is 14.0. The van der Waals surface area contributed by atoms with Gasteiger partial charge in [0.25, 0.3) is 0 Å². The Morgan fingerprint density at radius 2 is 1.80 bits per heavy atom. The number of sulfonamides is 1. The van der Waals surface area contributed by atoms with Crippen LogP contribution in [-0.4, -0.2) is 70.1 Å². The molecular formula is C17H37IN4O2S. The Hall–Kier alpha value is -0.0900. The molecule has 1 N–H and O–H groups in total. The smallest absolute Gasteiger partial charge is 0.213 e. The third kappa shape index (κ3) is 8.90. The summed E-state index contributed by atoms with van der Waals surface area (Å²) in [4.78, 5) is 6.55. The molecule has 1 fully saturated rings. The van der Waals surface area contributed by atoms with E-state index in [1.807, 2.05) is 0 Å². The molecule has 0 aromatic carbocycles. The second-order valence-electron chi connectivity index (χ2n) is 7.06. The van der Waals surface area contributed by atoms with Crippen LogP contribution in [-0.2, 0) is 10.0 Å². The predicted molar refractivity (Wildman–Crippen MR) is 117 cm³/mol. The summed E-state index contributed by atoms with van der Waals surface area (Å²) in [5.74, 6) is 2.68. The van der Waals surface area contributed by atoms with Gasteiger partial charge in [-0.2, -0.15) is 0 Å². The van der Waals surface area contributed by atoms with Crippen molar-refractivity contribution in [1.29, 1.82) is 0 Å². The quantitative estimate of drug-likeness (QED) is 0.247. The van der Waals surface area contributed by atoms with Gasteiger partial charge >= 0.3 is 0 Å². The highest BCUT2D eigenvalue weighted by Gasteiger charge is 2.20. The number of halogens is 1. The average molecular weight is 488 g/mol. The molecule has 1 saturated carbocycles. The zero-order valence-corrected chi connectivity index (χ0v) is 19.6. The summed E-state index contributed by atoms with van der Waals surface area (Å²) >= 11 is 0. The maximum Gasteiger partial charge on any atom is 0.213 e. The molecule has 0 saturated heterocycles. The van der Waals surface area contributed by atoms with Crippen LogP contribution in [0.25, 0.3) is 0 Å². The van der Waals surface area contributed by atoms with Crippen molar-refractivity contribution in [3.8, 4) is 0 Å². The average Bonchev–Trinajstić information content (AvgIpc) is 2.56. The summed E-state index contributed by atoms with van der Waals surface area (Å²) in [6, 6.07) is 0. The first-order valence-electron chi connectivity index (χ1n) is 9.16. The molecule has 0 amide bonds. The van der Waals surface area contributed by atoms with Crippen molar-refractivity contribution in [3.05, 3.63) is 0 Å². The molecule has 1 aliphatic rings. The largest absolute Gasteiger partial charge is 0.356 e. The molecule has 0 unspecified atom stereocenters. The summed E-state index contributed by atoms with van der Waals surface area (Å²) in [7, 11) is 2.45. The summed E-state index contributed by atoms with van der Waals surface area (Å²) in [6.07, 6.45) is 6.05. The number of guanidine groups is 1. The van der Waals surface area contributed by atoms with Crippen LogP contribution in [0.15, 0.2) is 4.99 Å². The van der Waals surface area contributed by atoms with Crippen LogP contribution in [0.2, 0.25) is 0 Å². The van der Waals surface area contributed by atoms with E-state index in [0.29, 0.717) is 6.54 Å². The molecule has 0 aromatic heterocycles. The fourth-order valence-electron chi connectivity index (χ4n) is 3.23. The normalized spacial score (nSPS) is 21.8. The summed E-state index contributed by atoms with van der Waals surface area (Å²) in [6.45, 7) is 6.31. The second kappa shape index (κ2) is 12.3. The molecule has 25 heavy (non-hydrogen) atoms. The lowest BCUT2D eigenvalue weighted by Crippen LogP contribution is -2.42. The first-order valence-corrected chi connectivity index (χ1v) is 10.8. The molecule has 1 rings (SSSR count). The van der Waals surface area contributed by atoms with Gasteiger partial charge in [-0.15, -0.1) is 24.0 Å². The van der Waals surface area contributed by atoms with Crippen molar-refractivity contribution in [2.24, 2.45) is 16.8 Å². The van der Waals surface area contributed by atoms with Crippen LogP contribution in [0.5, 0.6) is 0 Å². The Balaban J connectivity index is 0.00000576. The van der Waals surface area contributed by atoms with Gasteiger partial charge in [-0.1, -0.05) is 19.8 Å². The van der Waals surface area contributed by atoms with Crippen LogP contribution in [0.3, 0.4) is 0 Å². The lowest BCUT2D eigenvalue weighted by Gasteiger charge is -2.31. The molecule has 150 valence electrons. The van der Waals surface area contributed by atoms with Gasteiger partial charge in [-0.05, 0) is 38.0 Å². The fourth-order valence-corrected chi connectivity index (χ4v) is 4.08. The van der Waals surface area contributed by atoms with E-state index in [-0.39, 0.29) is 29.7 Å². The fraction of sp³-hybridized carbons (Fsp3) is 0.941. The van der Waals surface area contributed by atoms with Crippen LogP contribution in [0.1, 0.15) is 46.0 Å². The second-order valence-corrected chi connectivity index (χ2v) is 9.42. The SMILES string of the molecule is CCS(=O)(=O)N(C)CCCNC(=NC)N(C)CC1CCC(C)CC1.I. The molecule has 0 aromatic rings. The molecule has 0 heterocycles. The Bertz CT molecular complexity index is 491. The monoisotopic (exact) mass is 488 g/mol. The number of aliphatic imine (C=N–C) groups is 1. The Morgan fingerprint density at radius 1 is 1.20 bits per heavy atom. The number of rotatable bonds is 8. The molecule has 8 heteroatoms. The Labute approximate surface area is 171 Å². The zero-order chi connectivity index (χ0) is 18.2. The van der Waals surface area contributed by atoms with Gasteiger partial charge in [-0.3, -0.25) is 4.99 Å². The van der Waals surface area contributed by atoms with Gasteiger partial charge in [0.2, 0.25) is 10.0 Å². The molecule has 0 aliphatic heterocycles. The van der Waals surface area contributed by atoms with Gasteiger partial charge in [0.15, 0.2) is 5.96 Å². The minimum Gasteiger partial charge on any atom is -0.356 e. The molecule has 1 aliphatic carbocycles. The van der Waals surface area contributed by atoms with E-state index >= 15 is 0 Å². The van der Waals surface area contributed by atoms with Crippen molar-refractivity contribution in [2.75, 3.05) is 46.5 Å². The van der Waals surface area contributed by atoms with E-state index in [2.05, 4.69) is 29.2 Å². The van der Waals surface area contributed by atoms with Gasteiger partial charge in [0, 0.05) is 40.8 Å². The number of nitrogens with zero attached hydrogens (tertiary/aromatic N) is 3. The van der Waals surface area contributed by atoms with Crippen molar-refractivity contribution in [1.82, 2.24) is 14.5 Å². The maximum absolute atomic E-state index is 11.7. The van der Waals surface area contributed by atoms with Gasteiger partial charge in [-0.25, -0.2) is 12.7 Å². The molecule has 0 radical (unpaired) electrons. The molecular weight excluding hydrogens is 451 g/mol. The minimum absolute atomic E-state index is 0. The van der Waals surface area contributed by atoms with Gasteiger partial charge in [0.05, 0.1) is 5.75 Å². The summed E-state index contributed by atoms with van der Waals surface area (Å²) < 4.78 is 24.9. The van der Waals surface area contributed by atoms with Crippen LogP contribution in [0, 0.1) is 11.8 Å². The summed E-state index contributed by atoms with van der Waals surface area (Å²) in [5.41, 5.74) is 0. The lowest BCUT2D eigenvalue weighted by molar-refractivity contribution is 0.250. The van der Waals surface area contributed by atoms with E-state index in [1.165, 1.54) is 30.0 Å². The van der Waals surface area contributed by atoms with E-state index in [1.54, 1.807) is 21.0 Å². The van der Waals surface area contributed by atoms with E-state index < -0.39 is 10.0 Å². The number of nitrogens with one attached hydrogen (secondary N) is 1. The van der Waals surface area contributed by atoms with E-state index in [4.69, 9.17) is 0 Å². The molecule has 0 spiro atoms. The molecule has 0 bridgehead atoms. The molecule has 0 atom stereocenters. The highest BCUT2D eigenvalue weighted by atomic mass is 127. The third-order valence-corrected chi connectivity index (χ3v) is 6.88. The van der Waals surface area contributed by atoms with E-state index in [9.17, 15) is 8.42 Å². The van der Waals surface area contributed by atoms with Crippen LogP contribution >= 0.6 is 24.0 Å². The zero-order valence-electron chi connectivity index (χ0n) is 16.5. The minimum atomic E-state index is -3.08. The lowest BCUT2D eigenvalue weighted by atomic mass is 9.83. The predicted octanol–water partition coefficient (Wildman–Crippen LogP) is 2.61. The van der Waals surface area contributed by atoms with Crippen molar-refractivity contribution in [3.63, 3.8) is 0 Å². The van der Waals surface area contributed by atoms with E-state index in [0.717, 1.165) is 37.3 Å². The van der Waals surface area contributed by atoms with Crippen molar-refractivity contribution < 1.29 is 8.42 Å². The highest BCUT2D eigenvalue weighted by Crippen LogP contribution is 2.28. The first kappa shape index (κ1) is 24.9. The van der Waals surface area contributed by atoms with Gasteiger partial charge in [0.1, 0.15) is 0 Å². The first-order chi connectivity index (χ1) is 11.3. The maximum atomic E-state index is 11.7. The Kier molecular flexibility index (Phi) is 12.3. The molecule has 6 nitrogen and oxygen atoms in total. The van der Waals surface area contributed by atoms with Crippen molar-refractivity contribution in [2.45, 2.75) is 46.0 Å². The van der Waals surface area contributed by atoms with Crippen LogP contribution in [0.4, 0.5) is 0 Å². The van der Waals surface area contributed by atoms with Crippen molar-refractivity contribution >= 4 is 40.0 Å². The number of hydrogen-bond acceptors (Lipinski definition) is 3. The van der Waals surface area contributed by atoms with Crippen LogP contribution < -0.4 is 5.32 Å². The standard InChI is InChI=1S/C17H36N4O2S.HI/c1-6-24(22,23)21(5)13-7-12-19-17(18-3)20(4)14-16-10-8-15(2)9-11-16;/h15-16H,6-14H2,1-5H3,(H,18,19);1H. The summed E-state index contributed by atoms with van der Waals surface area (Å²) in [5, 5.41) is 3.35. The van der Waals surface area contributed by atoms with Gasteiger partial charge < -0.3 is 10.2 Å². The number of hydrogen-bond donors (Lipinski definition) is 1. The third-order valence-electron chi connectivity index (χ3n) is 5.01.